The first kappa shape index (κ1) is 17.3. The second-order valence-corrected chi connectivity index (χ2v) is 6.05. The Hall–Kier alpha value is -2.48. The van der Waals surface area contributed by atoms with Gasteiger partial charge in [0.2, 0.25) is 5.95 Å². The molecule has 7 nitrogen and oxygen atoms in total. The number of carbonyl (C=O) groups is 1. The van der Waals surface area contributed by atoms with Crippen molar-refractivity contribution >= 4 is 23.5 Å². The van der Waals surface area contributed by atoms with Crippen LogP contribution in [0.4, 0.5) is 10.3 Å². The molecule has 25 heavy (non-hydrogen) atoms. The first-order chi connectivity index (χ1) is 12.0. The van der Waals surface area contributed by atoms with Crippen LogP contribution < -0.4 is 5.32 Å². The zero-order valence-electron chi connectivity index (χ0n) is 13.8. The van der Waals surface area contributed by atoms with Crippen molar-refractivity contribution in [2.24, 2.45) is 0 Å². The number of unbranched alkanes of at least 4 members (excludes halogenated alkanes) is 1. The minimum Gasteiger partial charge on any atom is -0.462 e. The molecule has 3 rings (SSSR count). The van der Waals surface area contributed by atoms with E-state index in [0.29, 0.717) is 11.6 Å². The van der Waals surface area contributed by atoms with E-state index in [0.717, 1.165) is 12.8 Å². The number of tetrazole rings is 1. The van der Waals surface area contributed by atoms with Gasteiger partial charge in [-0.05, 0) is 35.9 Å². The second-order valence-electron chi connectivity index (χ2n) is 5.64. The van der Waals surface area contributed by atoms with Crippen LogP contribution in [0.25, 0.3) is 0 Å². The molecule has 132 valence electrons. The summed E-state index contributed by atoms with van der Waals surface area (Å²) in [5, 5.41) is 14.5. The van der Waals surface area contributed by atoms with E-state index in [1.54, 1.807) is 13.0 Å². The standard InChI is InChI=1S/C16H17ClFN5O2/c1-3-4-8-25-15(24)12-9(2)19-16-20-21-22-23(16)14(12)13-10(17)6-5-7-11(13)18/h5-7,14H,3-4,8H2,1-2H3,(H,19,20,22)/t14-/m1/s1. The third kappa shape index (κ3) is 3.21. The summed E-state index contributed by atoms with van der Waals surface area (Å²) in [4.78, 5) is 12.7. The number of benzene rings is 1. The molecular weight excluding hydrogens is 349 g/mol. The Morgan fingerprint density at radius 3 is 3.00 bits per heavy atom. The molecule has 0 saturated carbocycles. The minimum atomic E-state index is -0.908. The van der Waals surface area contributed by atoms with Crippen LogP contribution in [-0.2, 0) is 9.53 Å². The number of ether oxygens (including phenoxy) is 1. The Morgan fingerprint density at radius 1 is 1.48 bits per heavy atom. The van der Waals surface area contributed by atoms with Crippen molar-refractivity contribution < 1.29 is 13.9 Å². The monoisotopic (exact) mass is 365 g/mol. The highest BCUT2D eigenvalue weighted by atomic mass is 35.5. The quantitative estimate of drug-likeness (QED) is 0.647. The highest BCUT2D eigenvalue weighted by molar-refractivity contribution is 6.31. The van der Waals surface area contributed by atoms with Crippen LogP contribution in [0.5, 0.6) is 0 Å². The molecule has 0 spiro atoms. The van der Waals surface area contributed by atoms with Gasteiger partial charge in [-0.2, -0.15) is 4.68 Å². The smallest absolute Gasteiger partial charge is 0.338 e. The van der Waals surface area contributed by atoms with Crippen LogP contribution in [0.1, 0.15) is 38.3 Å². The Balaban J connectivity index is 2.09. The molecule has 0 bridgehead atoms. The van der Waals surface area contributed by atoms with Gasteiger partial charge in [0.05, 0.1) is 12.2 Å². The molecule has 0 amide bonds. The van der Waals surface area contributed by atoms with Gasteiger partial charge in [-0.1, -0.05) is 36.1 Å². The molecule has 0 radical (unpaired) electrons. The van der Waals surface area contributed by atoms with Gasteiger partial charge in [-0.3, -0.25) is 0 Å². The van der Waals surface area contributed by atoms with E-state index in [4.69, 9.17) is 16.3 Å². The zero-order valence-corrected chi connectivity index (χ0v) is 14.5. The van der Waals surface area contributed by atoms with E-state index in [9.17, 15) is 9.18 Å². The van der Waals surface area contributed by atoms with Crippen LogP contribution in [-0.4, -0.2) is 32.8 Å². The van der Waals surface area contributed by atoms with Crippen molar-refractivity contribution in [1.82, 2.24) is 20.2 Å². The van der Waals surface area contributed by atoms with Crippen molar-refractivity contribution in [3.8, 4) is 0 Å². The van der Waals surface area contributed by atoms with E-state index >= 15 is 0 Å². The molecule has 0 saturated heterocycles. The van der Waals surface area contributed by atoms with Gasteiger partial charge >= 0.3 is 5.97 Å². The van der Waals surface area contributed by atoms with E-state index in [-0.39, 0.29) is 22.8 Å². The molecule has 0 aliphatic carbocycles. The fourth-order valence-corrected chi connectivity index (χ4v) is 2.97. The number of allylic oxidation sites excluding steroid dienone is 1. The molecule has 1 aliphatic heterocycles. The van der Waals surface area contributed by atoms with Gasteiger partial charge in [-0.15, -0.1) is 0 Å². The molecule has 2 aromatic rings. The summed E-state index contributed by atoms with van der Waals surface area (Å²) in [6.45, 7) is 3.97. The van der Waals surface area contributed by atoms with E-state index in [1.165, 1.54) is 16.8 Å². The lowest BCUT2D eigenvalue weighted by Gasteiger charge is -2.28. The summed E-state index contributed by atoms with van der Waals surface area (Å²) in [6, 6.07) is 3.43. The molecule has 1 N–H and O–H groups in total. The molecule has 2 heterocycles. The van der Waals surface area contributed by atoms with Crippen molar-refractivity contribution in [2.75, 3.05) is 11.9 Å². The maximum absolute atomic E-state index is 14.5. The normalized spacial score (nSPS) is 16.4. The molecule has 9 heteroatoms. The average Bonchev–Trinajstić information content (AvgIpc) is 3.02. The number of hydrogen-bond donors (Lipinski definition) is 1. The number of fused-ring (bicyclic) bond motifs is 1. The average molecular weight is 366 g/mol. The third-order valence-electron chi connectivity index (χ3n) is 3.94. The first-order valence-electron chi connectivity index (χ1n) is 7.91. The van der Waals surface area contributed by atoms with E-state index in [1.807, 2.05) is 6.92 Å². The van der Waals surface area contributed by atoms with Gasteiger partial charge in [-0.25, -0.2) is 9.18 Å². The summed E-state index contributed by atoms with van der Waals surface area (Å²) < 4.78 is 21.2. The number of anilines is 1. The predicted octanol–water partition coefficient (Wildman–Crippen LogP) is 3.10. The van der Waals surface area contributed by atoms with Crippen LogP contribution in [0.3, 0.4) is 0 Å². The maximum atomic E-state index is 14.5. The lowest BCUT2D eigenvalue weighted by atomic mass is 9.95. The Kier molecular flexibility index (Phi) is 4.98. The summed E-state index contributed by atoms with van der Waals surface area (Å²) in [5.41, 5.74) is 0.844. The summed E-state index contributed by atoms with van der Waals surface area (Å²) in [6.07, 6.45) is 1.63. The predicted molar refractivity (Wildman–Crippen MR) is 89.6 cm³/mol. The van der Waals surface area contributed by atoms with E-state index < -0.39 is 17.8 Å². The summed E-state index contributed by atoms with van der Waals surface area (Å²) in [7, 11) is 0. The molecule has 0 fully saturated rings. The number of esters is 1. The maximum Gasteiger partial charge on any atom is 0.338 e. The largest absolute Gasteiger partial charge is 0.462 e. The van der Waals surface area contributed by atoms with E-state index in [2.05, 4.69) is 20.8 Å². The molecular formula is C16H17ClFN5O2. The molecule has 0 unspecified atom stereocenters. The highest BCUT2D eigenvalue weighted by Gasteiger charge is 2.37. The number of nitrogens with one attached hydrogen (secondary N) is 1. The van der Waals surface area contributed by atoms with Gasteiger partial charge in [0.25, 0.3) is 0 Å². The van der Waals surface area contributed by atoms with Crippen molar-refractivity contribution in [1.29, 1.82) is 0 Å². The zero-order chi connectivity index (χ0) is 18.0. The van der Waals surface area contributed by atoms with Crippen LogP contribution in [0.2, 0.25) is 5.02 Å². The van der Waals surface area contributed by atoms with Gasteiger partial charge in [0, 0.05) is 16.3 Å². The lowest BCUT2D eigenvalue weighted by molar-refractivity contribution is -0.139. The second kappa shape index (κ2) is 7.18. The first-order valence-corrected chi connectivity index (χ1v) is 8.29. The van der Waals surface area contributed by atoms with Crippen molar-refractivity contribution in [3.63, 3.8) is 0 Å². The number of halogens is 2. The number of nitrogens with zero attached hydrogens (tertiary/aromatic N) is 4. The fraction of sp³-hybridized carbons (Fsp3) is 0.375. The van der Waals surface area contributed by atoms with Crippen LogP contribution in [0.15, 0.2) is 29.5 Å². The lowest BCUT2D eigenvalue weighted by Crippen LogP contribution is -2.30. The summed E-state index contributed by atoms with van der Waals surface area (Å²) >= 11 is 6.22. The molecule has 1 atom stereocenters. The molecule has 1 aromatic carbocycles. The molecule has 1 aliphatic rings. The Morgan fingerprint density at radius 2 is 2.28 bits per heavy atom. The van der Waals surface area contributed by atoms with Crippen molar-refractivity contribution in [2.45, 2.75) is 32.7 Å². The SMILES string of the molecule is CCCCOC(=O)C1=C(C)Nc2nnnn2[C@H]1c1c(F)cccc1Cl. The highest BCUT2D eigenvalue weighted by Crippen LogP contribution is 2.39. The van der Waals surface area contributed by atoms with Crippen molar-refractivity contribution in [3.05, 3.63) is 45.9 Å². The minimum absolute atomic E-state index is 0.126. The third-order valence-corrected chi connectivity index (χ3v) is 4.27. The van der Waals surface area contributed by atoms with Crippen LogP contribution >= 0.6 is 11.6 Å². The number of carbonyl (C=O) groups excluding carboxylic acids is 1. The van der Waals surface area contributed by atoms with Gasteiger partial charge < -0.3 is 10.1 Å². The Labute approximate surface area is 148 Å². The number of rotatable bonds is 5. The van der Waals surface area contributed by atoms with Gasteiger partial charge in [0.1, 0.15) is 11.9 Å². The number of hydrogen-bond acceptors (Lipinski definition) is 6. The van der Waals surface area contributed by atoms with Crippen LogP contribution in [0, 0.1) is 5.82 Å². The number of aromatic nitrogens is 4. The molecule has 1 aromatic heterocycles. The Bertz CT molecular complexity index is 815. The topological polar surface area (TPSA) is 81.9 Å². The van der Waals surface area contributed by atoms with Gasteiger partial charge in [0.15, 0.2) is 0 Å². The fourth-order valence-electron chi connectivity index (χ4n) is 2.70. The summed E-state index contributed by atoms with van der Waals surface area (Å²) in [5.74, 6) is -0.802.